The Bertz CT molecular complexity index is 554. The Morgan fingerprint density at radius 3 is 2.10 bits per heavy atom. The monoisotopic (exact) mass is 368 g/mol. The first-order valence-electron chi connectivity index (χ1n) is 5.34. The van der Waals surface area contributed by atoms with Crippen molar-refractivity contribution in [2.75, 3.05) is 9.91 Å². The molecule has 1 aromatic rings. The molecule has 10 heteroatoms. The molecule has 0 unspecified atom stereocenters. The van der Waals surface area contributed by atoms with Crippen molar-refractivity contribution in [3.05, 3.63) is 24.3 Å². The molecule has 0 heterocycles. The minimum atomic E-state index is -5.17. The van der Waals surface area contributed by atoms with Crippen LogP contribution >= 0.6 is 15.9 Å². The maximum Gasteiger partial charge on any atom is 0.493 e. The minimum Gasteiger partial charge on any atom is -0.289 e. The molecule has 114 valence electrons. The Labute approximate surface area is 125 Å². The number of carbonyl (C=O) groups is 1. The molecule has 0 radical (unpaired) electrons. The molecule has 1 aromatic carbocycles. The third-order valence-electron chi connectivity index (χ3n) is 2.17. The number of rotatable bonds is 4. The number of carbonyl (C=O) groups excluding carboxylic acids is 1. The van der Waals surface area contributed by atoms with Crippen molar-refractivity contribution >= 4 is 44.4 Å². The molecule has 0 bridgehead atoms. The van der Waals surface area contributed by atoms with Crippen LogP contribution in [-0.2, 0) is 0 Å². The van der Waals surface area contributed by atoms with Crippen LogP contribution in [0.25, 0.3) is 0 Å². The number of nitrogens with one attached hydrogen (secondary N) is 1. The fourth-order valence-electron chi connectivity index (χ4n) is 1.41. The van der Waals surface area contributed by atoms with Gasteiger partial charge < -0.3 is 0 Å². The van der Waals surface area contributed by atoms with E-state index in [0.717, 1.165) is 23.5 Å². The summed E-state index contributed by atoms with van der Waals surface area (Å²) >= 11 is 3.05. The molecule has 0 fully saturated rings. The molecule has 0 aliphatic carbocycles. The van der Waals surface area contributed by atoms with Crippen LogP contribution in [-0.4, -0.2) is 23.4 Å². The van der Waals surface area contributed by atoms with Gasteiger partial charge in [0.05, 0.1) is 11.4 Å². The molecule has 0 saturated heterocycles. The quantitative estimate of drug-likeness (QED) is 0.216. The first kappa shape index (κ1) is 17.1. The second-order valence-corrected chi connectivity index (χ2v) is 4.79. The zero-order valence-electron chi connectivity index (χ0n) is 10.5. The number of hydrazone groups is 1. The fraction of sp³-hybridized carbons (Fsp3) is 0.182. The van der Waals surface area contributed by atoms with Crippen LogP contribution in [0.4, 0.5) is 33.7 Å². The van der Waals surface area contributed by atoms with Crippen LogP contribution in [0.5, 0.6) is 0 Å². The summed E-state index contributed by atoms with van der Waals surface area (Å²) in [7, 11) is 0. The summed E-state index contributed by atoms with van der Waals surface area (Å²) in [5.41, 5.74) is -0.413. The lowest BCUT2D eigenvalue weighted by Crippen LogP contribution is -2.40. The van der Waals surface area contributed by atoms with Gasteiger partial charge in [-0.25, -0.2) is 9.80 Å². The molecule has 0 atom stereocenters. The van der Waals surface area contributed by atoms with E-state index >= 15 is 0 Å². The molecule has 1 amide bonds. The molecule has 0 aliphatic rings. The first-order chi connectivity index (χ1) is 9.66. The van der Waals surface area contributed by atoms with E-state index in [-0.39, 0.29) is 5.69 Å². The Kier molecular flexibility index (Phi) is 5.41. The highest BCUT2D eigenvalue weighted by molar-refractivity contribution is 9.18. The predicted molar refractivity (Wildman–Crippen MR) is 74.8 cm³/mol. The average molecular weight is 369 g/mol. The number of anilines is 2. The summed E-state index contributed by atoms with van der Waals surface area (Å²) in [6.45, 7) is 1.60. The number of halogens is 5. The molecule has 0 saturated carbocycles. The lowest BCUT2D eigenvalue weighted by molar-refractivity contribution is -0.122. The van der Waals surface area contributed by atoms with Crippen LogP contribution in [0.15, 0.2) is 29.4 Å². The van der Waals surface area contributed by atoms with E-state index in [1.807, 2.05) is 0 Å². The van der Waals surface area contributed by atoms with E-state index < -0.39 is 23.0 Å². The number of hydrogen-bond donors (Lipinski definition) is 1. The highest BCUT2D eigenvalue weighted by Gasteiger charge is 2.42. The summed E-state index contributed by atoms with van der Waals surface area (Å²) in [6, 6.07) is 4.13. The second-order valence-electron chi connectivity index (χ2n) is 3.64. The van der Waals surface area contributed by atoms with Crippen molar-refractivity contribution in [1.29, 1.82) is 5.41 Å². The summed E-state index contributed by atoms with van der Waals surface area (Å²) in [5.74, 6) is 0. The van der Waals surface area contributed by atoms with E-state index in [1.165, 1.54) is 12.1 Å². The van der Waals surface area contributed by atoms with Crippen LogP contribution in [0.2, 0.25) is 0 Å². The maximum atomic E-state index is 12.5. The molecule has 21 heavy (non-hydrogen) atoms. The van der Waals surface area contributed by atoms with Crippen molar-refractivity contribution in [3.8, 4) is 0 Å². The van der Waals surface area contributed by atoms with Gasteiger partial charge >= 0.3 is 12.5 Å². The molecule has 0 aliphatic heterocycles. The second kappa shape index (κ2) is 6.66. The molecule has 5 nitrogen and oxygen atoms in total. The van der Waals surface area contributed by atoms with Crippen LogP contribution in [0.3, 0.4) is 0 Å². The highest BCUT2D eigenvalue weighted by Crippen LogP contribution is 2.30. The van der Waals surface area contributed by atoms with Crippen molar-refractivity contribution < 1.29 is 22.4 Å². The zero-order valence-corrected chi connectivity index (χ0v) is 12.1. The van der Waals surface area contributed by atoms with Gasteiger partial charge in [0.2, 0.25) is 0 Å². The third kappa shape index (κ3) is 4.52. The van der Waals surface area contributed by atoms with E-state index in [1.54, 1.807) is 6.92 Å². The van der Waals surface area contributed by atoms with Crippen LogP contribution < -0.4 is 9.91 Å². The molecular weight excluding hydrogens is 360 g/mol. The Hall–Kier alpha value is -1.97. The SMILES string of the molecule is C/C(Br)=N\N(C=N)c1ccc(N(C(=O)F)C(F)(F)F)cc1. The molecule has 0 aromatic heterocycles. The van der Waals surface area contributed by atoms with E-state index in [9.17, 15) is 22.4 Å². The smallest absolute Gasteiger partial charge is 0.289 e. The fourth-order valence-corrected chi connectivity index (χ4v) is 1.58. The number of hydrogen-bond acceptors (Lipinski definition) is 3. The molecule has 0 spiro atoms. The Balaban J connectivity index is 3.14. The number of nitrogens with zero attached hydrogens (tertiary/aromatic N) is 3. The van der Waals surface area contributed by atoms with Crippen molar-refractivity contribution in [2.24, 2.45) is 5.10 Å². The van der Waals surface area contributed by atoms with Crippen molar-refractivity contribution in [3.63, 3.8) is 0 Å². The number of benzene rings is 1. The minimum absolute atomic E-state index is 0.265. The van der Waals surface area contributed by atoms with Gasteiger partial charge in [0.25, 0.3) is 0 Å². The van der Waals surface area contributed by atoms with Crippen molar-refractivity contribution in [1.82, 2.24) is 0 Å². The lowest BCUT2D eigenvalue weighted by Gasteiger charge is -2.22. The molecule has 1 rings (SSSR count). The number of alkyl halides is 3. The molecular formula is C11H9BrF4N4O. The van der Waals surface area contributed by atoms with E-state index in [0.29, 0.717) is 4.62 Å². The summed E-state index contributed by atoms with van der Waals surface area (Å²) in [6.07, 6.45) is -6.96. The summed E-state index contributed by atoms with van der Waals surface area (Å²) < 4.78 is 50.6. The lowest BCUT2D eigenvalue weighted by atomic mass is 10.2. The summed E-state index contributed by atoms with van der Waals surface area (Å²) in [4.78, 5) is 9.55. The number of amides is 1. The largest absolute Gasteiger partial charge is 0.493 e. The van der Waals surface area contributed by atoms with E-state index in [2.05, 4.69) is 21.0 Å². The summed E-state index contributed by atoms with van der Waals surface area (Å²) in [5, 5.41) is 12.1. The van der Waals surface area contributed by atoms with Crippen LogP contribution in [0.1, 0.15) is 6.92 Å². The Morgan fingerprint density at radius 1 is 1.29 bits per heavy atom. The van der Waals surface area contributed by atoms with Gasteiger partial charge in [-0.2, -0.15) is 10.0 Å². The molecule has 1 N–H and O–H groups in total. The maximum absolute atomic E-state index is 12.5. The van der Waals surface area contributed by atoms with Gasteiger partial charge in [0.15, 0.2) is 0 Å². The van der Waals surface area contributed by atoms with Gasteiger partial charge in [-0.15, -0.1) is 17.6 Å². The van der Waals surface area contributed by atoms with Crippen LogP contribution in [0, 0.1) is 5.41 Å². The Morgan fingerprint density at radius 2 is 1.76 bits per heavy atom. The normalized spacial score (nSPS) is 12.0. The van der Waals surface area contributed by atoms with Gasteiger partial charge in [-0.3, -0.25) is 5.41 Å². The van der Waals surface area contributed by atoms with E-state index in [4.69, 9.17) is 5.41 Å². The average Bonchev–Trinajstić information content (AvgIpc) is 2.34. The van der Waals surface area contributed by atoms with Gasteiger partial charge in [-0.05, 0) is 47.1 Å². The van der Waals surface area contributed by atoms with Crippen molar-refractivity contribution in [2.45, 2.75) is 13.2 Å². The van der Waals surface area contributed by atoms with Gasteiger partial charge in [-0.1, -0.05) is 0 Å². The predicted octanol–water partition coefficient (Wildman–Crippen LogP) is 4.24. The third-order valence-corrected chi connectivity index (χ3v) is 2.33. The van der Waals surface area contributed by atoms with Gasteiger partial charge in [0, 0.05) is 0 Å². The zero-order chi connectivity index (χ0) is 16.2. The topological polar surface area (TPSA) is 59.8 Å². The standard InChI is InChI=1S/C11H9BrF4N4O/c1-7(12)18-19(6-17)8-2-4-9(5-3-8)20(10(13)21)11(14,15)16/h2-6,17H,1H3/b17-6?,18-7+. The van der Waals surface area contributed by atoms with Gasteiger partial charge in [0.1, 0.15) is 11.0 Å². The first-order valence-corrected chi connectivity index (χ1v) is 6.13. The highest BCUT2D eigenvalue weighted by atomic mass is 79.9.